The molecule has 628 valence electrons. The van der Waals surface area contributed by atoms with Gasteiger partial charge in [0.1, 0.15) is 34.6 Å². The monoisotopic (exact) mass is 1640 g/mol. The zero-order chi connectivity index (χ0) is 83.0. The topological polar surface area (TPSA) is 133 Å². The van der Waals surface area contributed by atoms with Gasteiger partial charge in [0.25, 0.3) is 0 Å². The number of methoxy groups -OCH3 is 4. The van der Waals surface area contributed by atoms with Gasteiger partial charge in [-0.05, 0) is 364 Å². The van der Waals surface area contributed by atoms with Crippen molar-refractivity contribution in [3.63, 3.8) is 0 Å². The Bertz CT molecular complexity index is 4430. The number of allylic oxidation sites excluding steroid dienone is 3. The van der Waals surface area contributed by atoms with E-state index in [2.05, 4.69) is 183 Å². The van der Waals surface area contributed by atoms with Gasteiger partial charge in [-0.25, -0.2) is 8.78 Å². The van der Waals surface area contributed by atoms with Crippen molar-refractivity contribution in [1.29, 1.82) is 0 Å². The van der Waals surface area contributed by atoms with Gasteiger partial charge in [-0.2, -0.15) is 0 Å². The average Bonchev–Trinajstić information content (AvgIpc) is 1.01. The molecule has 8 aromatic carbocycles. The smallest absolute Gasteiger partial charge is 0.126 e. The lowest BCUT2D eigenvalue weighted by Crippen LogP contribution is -2.13. The van der Waals surface area contributed by atoms with Gasteiger partial charge < -0.3 is 61.5 Å². The van der Waals surface area contributed by atoms with Crippen LogP contribution in [0.4, 0.5) is 8.78 Å². The number of aryl methyl sites for hydroxylation is 2. The second kappa shape index (κ2) is 54.2. The van der Waals surface area contributed by atoms with Crippen molar-refractivity contribution in [1.82, 2.24) is 42.5 Å². The van der Waals surface area contributed by atoms with Crippen LogP contribution in [-0.2, 0) is 0 Å². The molecule has 0 spiro atoms. The first kappa shape index (κ1) is 92.9. The molecule has 0 unspecified atom stereocenters. The fraction of sp³-hybridized carbons (Fsp3) is 0.373. The van der Waals surface area contributed by atoms with Crippen LogP contribution in [0.5, 0.6) is 23.0 Å². The van der Waals surface area contributed by atoms with Crippen LogP contribution in [0.2, 0.25) is 10.0 Å². The highest BCUT2D eigenvalue weighted by atomic mass is 35.5. The number of ether oxygens (including phenoxy) is 4. The van der Waals surface area contributed by atoms with Crippen molar-refractivity contribution in [3.8, 4) is 23.0 Å². The summed E-state index contributed by atoms with van der Waals surface area (Å²) in [7, 11) is 6.78. The molecule has 0 bridgehead atoms. The summed E-state index contributed by atoms with van der Waals surface area (Å²) in [6, 6.07) is 59.3. The molecule has 16 rings (SSSR count). The molecule has 118 heavy (non-hydrogen) atoms. The third-order valence-electron chi connectivity index (χ3n) is 21.6. The summed E-state index contributed by atoms with van der Waals surface area (Å²) >= 11 is 11.7. The summed E-state index contributed by atoms with van der Waals surface area (Å²) in [5.74, 6) is 3.26. The van der Waals surface area contributed by atoms with E-state index in [-0.39, 0.29) is 11.6 Å². The first-order valence-corrected chi connectivity index (χ1v) is 43.4. The fourth-order valence-electron chi connectivity index (χ4n) is 15.2. The van der Waals surface area contributed by atoms with Crippen LogP contribution in [0.3, 0.4) is 0 Å². The van der Waals surface area contributed by atoms with Crippen molar-refractivity contribution in [2.45, 2.75) is 117 Å². The summed E-state index contributed by atoms with van der Waals surface area (Å²) in [5, 5.41) is 28.5. The molecule has 0 atom stereocenters. The molecule has 8 N–H and O–H groups in total. The van der Waals surface area contributed by atoms with E-state index in [1.54, 1.807) is 46.6 Å². The number of para-hydroxylation sites is 2. The molecule has 16 heteroatoms. The van der Waals surface area contributed by atoms with Crippen LogP contribution >= 0.6 is 23.2 Å². The summed E-state index contributed by atoms with van der Waals surface area (Å²) in [4.78, 5) is 0. The SMILES string of the molecule is COc1ccc(C2=CCNCCC2)cc1.COc1ccc(F)cc1C1=CCCNCC1.COc1ccccc1C1=CCCNCC1.COc1ccccc1C1=CCNCCC1.Cc1ccc(F)cc1C1=CCCNCC1.Cc1ccccc1C1=CCCNCC1.Clc1ccc(C2=CCCNCC2)cc1.Clc1ccc(C2=CCNCCC2)cc1. The maximum absolute atomic E-state index is 13.2. The second-order valence-corrected chi connectivity index (χ2v) is 30.8. The molecule has 0 aliphatic carbocycles. The van der Waals surface area contributed by atoms with Gasteiger partial charge in [-0.1, -0.05) is 175 Å². The van der Waals surface area contributed by atoms with Crippen LogP contribution < -0.4 is 61.5 Å². The minimum Gasteiger partial charge on any atom is -0.497 e. The molecule has 8 heterocycles. The predicted octanol–water partition coefficient (Wildman–Crippen LogP) is 21.9. The van der Waals surface area contributed by atoms with Crippen molar-refractivity contribution in [3.05, 3.63) is 308 Å². The van der Waals surface area contributed by atoms with E-state index >= 15 is 0 Å². The molecular formula is C102H128Cl2F2N8O4. The number of hydrogen-bond donors (Lipinski definition) is 8. The highest BCUT2D eigenvalue weighted by molar-refractivity contribution is 6.30. The zero-order valence-corrected chi connectivity index (χ0v) is 72.2. The number of benzene rings is 8. The summed E-state index contributed by atoms with van der Waals surface area (Å²) in [6.45, 7) is 21.0. The van der Waals surface area contributed by atoms with E-state index in [0.717, 1.165) is 231 Å². The summed E-state index contributed by atoms with van der Waals surface area (Å²) in [6.07, 6.45) is 36.0. The molecule has 0 amide bonds. The number of rotatable bonds is 12. The van der Waals surface area contributed by atoms with Crippen LogP contribution in [-0.4, -0.2) is 133 Å². The highest BCUT2D eigenvalue weighted by Gasteiger charge is 2.16. The van der Waals surface area contributed by atoms with Crippen LogP contribution in [0, 0.1) is 25.5 Å². The summed E-state index contributed by atoms with van der Waals surface area (Å²) in [5.41, 5.74) is 23.4. The standard InChI is InChI=1S/C13H16FNO.C13H16FN.3C13H17NO.C13H17N.2C12H14ClN/c1-16-13-5-4-11(14)9-12(13)10-3-2-7-15-8-6-10;1-10-4-5-12(14)9-13(10)11-3-2-7-15-8-6-11;1-15-13-6-4-12(5-7-13)11-3-2-9-14-10-8-11;2*1-15-13-7-3-2-6-12(13)11-5-4-9-14-10-8-11;1-11-5-2-3-7-13(11)12-6-4-9-14-10-8-12;2*13-12-5-3-11(4-6-12)10-2-1-8-14-9-7-10/h3-5,9,15H,2,6-8H2,1H3;3-5,9,15H,2,6-8H2,1H3;4-8,14H,2-3,9-10H2,1H3;2-3,6-8,14H,4-5,9-10H2,1H3;2-3,5-7,14H,4,8-10H2,1H3;2-3,5-7,14H,4,8-10H2,1H3;3-7,14H,1-2,8-9H2;2-6,14H,1,7-9H2. The summed E-state index contributed by atoms with van der Waals surface area (Å²) < 4.78 is 47.6. The van der Waals surface area contributed by atoms with Crippen molar-refractivity contribution in [2.75, 3.05) is 133 Å². The lowest BCUT2D eigenvalue weighted by Gasteiger charge is -2.11. The van der Waals surface area contributed by atoms with Gasteiger partial charge >= 0.3 is 0 Å². The number of nitrogens with one attached hydrogen (secondary N) is 8. The lowest BCUT2D eigenvalue weighted by molar-refractivity contribution is 0.412. The van der Waals surface area contributed by atoms with Gasteiger partial charge in [0.05, 0.1) is 28.4 Å². The van der Waals surface area contributed by atoms with E-state index in [9.17, 15) is 8.78 Å². The van der Waals surface area contributed by atoms with E-state index in [4.69, 9.17) is 42.1 Å². The Balaban J connectivity index is 0.000000154. The molecule has 0 aromatic heterocycles. The van der Waals surface area contributed by atoms with E-state index < -0.39 is 0 Å². The maximum atomic E-state index is 13.2. The van der Waals surface area contributed by atoms with Crippen LogP contribution in [0.1, 0.15) is 158 Å². The lowest BCUT2D eigenvalue weighted by atomic mass is 9.97. The molecule has 8 aromatic rings. The minimum atomic E-state index is -0.214. The Kier molecular flexibility index (Phi) is 42.7. The average molecular weight is 1640 g/mol. The molecular weight excluding hydrogens is 1510 g/mol. The van der Waals surface area contributed by atoms with Gasteiger partial charge in [-0.3, -0.25) is 0 Å². The maximum Gasteiger partial charge on any atom is 0.126 e. The van der Waals surface area contributed by atoms with E-state index in [0.29, 0.717) is 0 Å². The highest BCUT2D eigenvalue weighted by Crippen LogP contribution is 2.34. The van der Waals surface area contributed by atoms with Crippen molar-refractivity contribution < 1.29 is 27.7 Å². The third-order valence-corrected chi connectivity index (χ3v) is 22.1. The van der Waals surface area contributed by atoms with Crippen LogP contribution in [0.25, 0.3) is 44.6 Å². The van der Waals surface area contributed by atoms with Crippen molar-refractivity contribution >= 4 is 67.8 Å². The van der Waals surface area contributed by atoms with Crippen LogP contribution in [0.15, 0.2) is 231 Å². The Labute approximate surface area is 714 Å². The molecule has 0 fully saturated rings. The minimum absolute atomic E-state index is 0.145. The third kappa shape index (κ3) is 32.6. The fourth-order valence-corrected chi connectivity index (χ4v) is 15.4. The van der Waals surface area contributed by atoms with Gasteiger partial charge in [0, 0.05) is 46.4 Å². The Morgan fingerprint density at radius 1 is 0.263 bits per heavy atom. The normalized spacial score (nSPS) is 17.0. The predicted molar refractivity (Wildman–Crippen MR) is 498 cm³/mol. The zero-order valence-electron chi connectivity index (χ0n) is 70.7. The largest absolute Gasteiger partial charge is 0.497 e. The number of halogens is 4. The first-order valence-electron chi connectivity index (χ1n) is 42.7. The first-order chi connectivity index (χ1) is 57.9. The molecule has 8 aliphatic rings. The van der Waals surface area contributed by atoms with Gasteiger partial charge in [-0.15, -0.1) is 0 Å². The molecule has 0 saturated heterocycles. The Hall–Kier alpha value is -9.00. The quantitative estimate of drug-likeness (QED) is 0.0592. The number of hydrogen-bond acceptors (Lipinski definition) is 12. The Morgan fingerprint density at radius 3 is 1.01 bits per heavy atom. The second-order valence-electron chi connectivity index (χ2n) is 30.0. The van der Waals surface area contributed by atoms with E-state index in [1.807, 2.05) is 73.7 Å². The molecule has 0 radical (unpaired) electrons. The molecule has 0 saturated carbocycles. The van der Waals surface area contributed by atoms with Crippen molar-refractivity contribution in [2.24, 2.45) is 0 Å². The molecule has 12 nitrogen and oxygen atoms in total. The van der Waals surface area contributed by atoms with Gasteiger partial charge in [0.15, 0.2) is 0 Å². The Morgan fingerprint density at radius 2 is 0.576 bits per heavy atom. The van der Waals surface area contributed by atoms with E-state index in [1.165, 1.54) is 121 Å². The molecule has 8 aliphatic heterocycles. The van der Waals surface area contributed by atoms with Gasteiger partial charge in [0.2, 0.25) is 0 Å².